The normalized spacial score (nSPS) is 18.0. The number of esters is 1. The maximum atomic E-state index is 11.8. The van der Waals surface area contributed by atoms with Crippen molar-refractivity contribution < 1.29 is 19.1 Å². The number of carbonyl (C=O) groups excluding carboxylic acids is 2. The summed E-state index contributed by atoms with van der Waals surface area (Å²) in [5, 5.41) is 0. The van der Waals surface area contributed by atoms with Crippen molar-refractivity contribution in [2.75, 3.05) is 18.1 Å². The van der Waals surface area contributed by atoms with Crippen molar-refractivity contribution in [3.8, 4) is 0 Å². The second-order valence-electron chi connectivity index (χ2n) is 4.53. The maximum Gasteiger partial charge on any atom is 0.414 e. The lowest BCUT2D eigenvalue weighted by molar-refractivity contribution is -0.146. The molecule has 0 aliphatic carbocycles. The zero-order valence-corrected chi connectivity index (χ0v) is 13.3. The third-order valence-electron chi connectivity index (χ3n) is 2.88. The fourth-order valence-electron chi connectivity index (χ4n) is 1.93. The van der Waals surface area contributed by atoms with Crippen LogP contribution < -0.4 is 4.90 Å². The molecule has 1 aromatic carbocycles. The van der Waals surface area contributed by atoms with E-state index in [1.165, 1.54) is 0 Å². The SMILES string of the molecule is CCCC(=O)OC[C@H]1CN(c2cccc(I)c2)C(=O)O1. The summed E-state index contributed by atoms with van der Waals surface area (Å²) in [5.74, 6) is -0.253. The number of benzene rings is 1. The van der Waals surface area contributed by atoms with Gasteiger partial charge in [-0.3, -0.25) is 9.69 Å². The summed E-state index contributed by atoms with van der Waals surface area (Å²) in [6, 6.07) is 7.61. The summed E-state index contributed by atoms with van der Waals surface area (Å²) in [6.45, 7) is 2.43. The molecule has 1 aliphatic heterocycles. The molecule has 5 nitrogen and oxygen atoms in total. The molecule has 20 heavy (non-hydrogen) atoms. The van der Waals surface area contributed by atoms with Gasteiger partial charge in [-0.1, -0.05) is 13.0 Å². The van der Waals surface area contributed by atoms with Gasteiger partial charge in [0.25, 0.3) is 0 Å². The molecule has 2 rings (SSSR count). The topological polar surface area (TPSA) is 55.8 Å². The third kappa shape index (κ3) is 3.84. The number of nitrogens with zero attached hydrogens (tertiary/aromatic N) is 1. The van der Waals surface area contributed by atoms with Crippen LogP contribution in [-0.2, 0) is 14.3 Å². The smallest absolute Gasteiger partial charge is 0.414 e. The van der Waals surface area contributed by atoms with Crippen LogP contribution in [0.3, 0.4) is 0 Å². The number of ether oxygens (including phenoxy) is 2. The fourth-order valence-corrected chi connectivity index (χ4v) is 2.45. The van der Waals surface area contributed by atoms with Crippen molar-refractivity contribution >= 4 is 40.3 Å². The van der Waals surface area contributed by atoms with Gasteiger partial charge in [0.05, 0.1) is 6.54 Å². The Hall–Kier alpha value is -1.31. The number of amides is 1. The second kappa shape index (κ2) is 6.92. The Bertz CT molecular complexity index is 506. The lowest BCUT2D eigenvalue weighted by atomic mass is 10.3. The highest BCUT2D eigenvalue weighted by Gasteiger charge is 2.33. The molecular formula is C14H16INO4. The lowest BCUT2D eigenvalue weighted by Gasteiger charge is -2.13. The predicted molar refractivity (Wildman–Crippen MR) is 82.6 cm³/mol. The first-order valence-corrected chi connectivity index (χ1v) is 7.57. The van der Waals surface area contributed by atoms with E-state index in [4.69, 9.17) is 9.47 Å². The summed E-state index contributed by atoms with van der Waals surface area (Å²) in [4.78, 5) is 24.7. The van der Waals surface area contributed by atoms with Gasteiger partial charge in [0.2, 0.25) is 0 Å². The van der Waals surface area contributed by atoms with Crippen molar-refractivity contribution in [1.29, 1.82) is 0 Å². The van der Waals surface area contributed by atoms with Crippen LogP contribution in [0.5, 0.6) is 0 Å². The van der Waals surface area contributed by atoms with E-state index in [1.54, 1.807) is 4.90 Å². The molecule has 0 unspecified atom stereocenters. The first-order valence-electron chi connectivity index (χ1n) is 6.49. The Balaban J connectivity index is 1.92. The van der Waals surface area contributed by atoms with Gasteiger partial charge in [0.1, 0.15) is 6.61 Å². The van der Waals surface area contributed by atoms with Crippen LogP contribution in [0.1, 0.15) is 19.8 Å². The van der Waals surface area contributed by atoms with Crippen LogP contribution in [0.15, 0.2) is 24.3 Å². The molecule has 0 aromatic heterocycles. The molecule has 6 heteroatoms. The number of anilines is 1. The van der Waals surface area contributed by atoms with Crippen LogP contribution in [0.2, 0.25) is 0 Å². The van der Waals surface area contributed by atoms with Crippen molar-refractivity contribution in [1.82, 2.24) is 0 Å². The summed E-state index contributed by atoms with van der Waals surface area (Å²) < 4.78 is 11.3. The Labute approximate surface area is 131 Å². The second-order valence-corrected chi connectivity index (χ2v) is 5.77. The molecule has 0 spiro atoms. The number of hydrogen-bond donors (Lipinski definition) is 0. The molecule has 1 fully saturated rings. The van der Waals surface area contributed by atoms with Crippen LogP contribution in [0, 0.1) is 3.57 Å². The van der Waals surface area contributed by atoms with Gasteiger partial charge in [-0.05, 0) is 47.2 Å². The summed E-state index contributed by atoms with van der Waals surface area (Å²) >= 11 is 2.19. The summed E-state index contributed by atoms with van der Waals surface area (Å²) in [6.07, 6.45) is 0.337. The van der Waals surface area contributed by atoms with Gasteiger partial charge >= 0.3 is 12.1 Å². The molecule has 1 atom stereocenters. The maximum absolute atomic E-state index is 11.8. The van der Waals surface area contributed by atoms with E-state index in [0.717, 1.165) is 15.7 Å². The minimum Gasteiger partial charge on any atom is -0.462 e. The molecule has 1 heterocycles. The van der Waals surface area contributed by atoms with Gasteiger partial charge in [-0.2, -0.15) is 0 Å². The molecule has 0 saturated carbocycles. The molecule has 1 aromatic rings. The minimum atomic E-state index is -0.402. The molecule has 0 bridgehead atoms. The molecule has 1 amide bonds. The lowest BCUT2D eigenvalue weighted by Crippen LogP contribution is -2.26. The van der Waals surface area contributed by atoms with Gasteiger partial charge in [0, 0.05) is 15.7 Å². The average molecular weight is 389 g/mol. The van der Waals surface area contributed by atoms with Crippen LogP contribution in [0.4, 0.5) is 10.5 Å². The average Bonchev–Trinajstić information content (AvgIpc) is 2.78. The van der Waals surface area contributed by atoms with Crippen molar-refractivity contribution in [3.05, 3.63) is 27.8 Å². The van der Waals surface area contributed by atoms with Crippen LogP contribution in [-0.4, -0.2) is 31.3 Å². The van der Waals surface area contributed by atoms with E-state index in [9.17, 15) is 9.59 Å². The van der Waals surface area contributed by atoms with E-state index in [0.29, 0.717) is 13.0 Å². The third-order valence-corrected chi connectivity index (χ3v) is 3.55. The van der Waals surface area contributed by atoms with Gasteiger partial charge < -0.3 is 9.47 Å². The number of rotatable bonds is 5. The molecule has 0 N–H and O–H groups in total. The van der Waals surface area contributed by atoms with Gasteiger partial charge in [0.15, 0.2) is 6.10 Å². The highest BCUT2D eigenvalue weighted by Crippen LogP contribution is 2.23. The van der Waals surface area contributed by atoms with E-state index in [1.807, 2.05) is 31.2 Å². The van der Waals surface area contributed by atoms with E-state index < -0.39 is 12.2 Å². The van der Waals surface area contributed by atoms with Crippen molar-refractivity contribution in [2.24, 2.45) is 0 Å². The van der Waals surface area contributed by atoms with Gasteiger partial charge in [-0.15, -0.1) is 0 Å². The van der Waals surface area contributed by atoms with Crippen LogP contribution >= 0.6 is 22.6 Å². The van der Waals surface area contributed by atoms with Gasteiger partial charge in [-0.25, -0.2) is 4.79 Å². The zero-order valence-electron chi connectivity index (χ0n) is 11.2. The molecule has 1 aliphatic rings. The van der Waals surface area contributed by atoms with Crippen molar-refractivity contribution in [2.45, 2.75) is 25.9 Å². The number of carbonyl (C=O) groups is 2. The Morgan fingerprint density at radius 3 is 3.05 bits per heavy atom. The quantitative estimate of drug-likeness (QED) is 0.574. The Morgan fingerprint density at radius 1 is 1.55 bits per heavy atom. The van der Waals surface area contributed by atoms with Crippen molar-refractivity contribution in [3.63, 3.8) is 0 Å². The number of hydrogen-bond acceptors (Lipinski definition) is 4. The summed E-state index contributed by atoms with van der Waals surface area (Å²) in [5.41, 5.74) is 0.796. The molecular weight excluding hydrogens is 373 g/mol. The highest BCUT2D eigenvalue weighted by molar-refractivity contribution is 14.1. The largest absolute Gasteiger partial charge is 0.462 e. The first-order chi connectivity index (χ1) is 9.60. The minimum absolute atomic E-state index is 0.116. The Morgan fingerprint density at radius 2 is 2.35 bits per heavy atom. The number of cyclic esters (lactones) is 1. The predicted octanol–water partition coefficient (Wildman–Crippen LogP) is 2.96. The molecule has 1 saturated heterocycles. The van der Waals surface area contributed by atoms with E-state index in [2.05, 4.69) is 22.6 Å². The van der Waals surface area contributed by atoms with E-state index in [-0.39, 0.29) is 12.6 Å². The zero-order chi connectivity index (χ0) is 14.5. The standard InChI is InChI=1S/C14H16INO4/c1-2-4-13(17)19-9-12-8-16(14(18)20-12)11-6-3-5-10(15)7-11/h3,5-7,12H,2,4,8-9H2,1H3/t12-/m1/s1. The number of halogens is 1. The first kappa shape index (κ1) is 15.1. The molecule has 108 valence electrons. The molecule has 0 radical (unpaired) electrons. The summed E-state index contributed by atoms with van der Waals surface area (Å²) in [7, 11) is 0. The Kier molecular flexibility index (Phi) is 5.22. The fraction of sp³-hybridized carbons (Fsp3) is 0.429. The highest BCUT2D eigenvalue weighted by atomic mass is 127. The van der Waals surface area contributed by atoms with Crippen LogP contribution in [0.25, 0.3) is 0 Å². The monoisotopic (exact) mass is 389 g/mol. The van der Waals surface area contributed by atoms with E-state index >= 15 is 0 Å².